The number of pyridine rings is 1. The molecule has 1 N–H and O–H groups in total. The van der Waals surface area contributed by atoms with Crippen LogP contribution in [-0.2, 0) is 9.53 Å². The number of rotatable bonds is 4. The number of carbonyl (C=O) groups is 2. The lowest BCUT2D eigenvalue weighted by Gasteiger charge is -2.20. The van der Waals surface area contributed by atoms with Crippen LogP contribution in [0.5, 0.6) is 0 Å². The average molecular weight is 290 g/mol. The van der Waals surface area contributed by atoms with Gasteiger partial charge in [0.2, 0.25) is 5.91 Å². The van der Waals surface area contributed by atoms with E-state index in [9.17, 15) is 22.8 Å². The van der Waals surface area contributed by atoms with Gasteiger partial charge in [0.1, 0.15) is 0 Å². The highest BCUT2D eigenvalue weighted by molar-refractivity contribution is 5.89. The second-order valence-corrected chi connectivity index (χ2v) is 3.87. The fourth-order valence-electron chi connectivity index (χ4n) is 1.47. The number of nitrogens with zero attached hydrogens (tertiary/aromatic N) is 1. The largest absolute Gasteiger partial charge is 0.462 e. The van der Waals surface area contributed by atoms with Crippen molar-refractivity contribution in [2.45, 2.75) is 26.1 Å². The zero-order valence-corrected chi connectivity index (χ0v) is 10.8. The molecule has 1 amide bonds. The third-order valence-electron chi connectivity index (χ3n) is 2.26. The number of amides is 1. The molecule has 0 aliphatic rings. The van der Waals surface area contributed by atoms with Gasteiger partial charge in [-0.1, -0.05) is 0 Å². The lowest BCUT2D eigenvalue weighted by molar-refractivity contribution is -0.163. The first-order chi connectivity index (χ1) is 9.25. The second-order valence-electron chi connectivity index (χ2n) is 3.87. The summed E-state index contributed by atoms with van der Waals surface area (Å²) < 4.78 is 43.3. The van der Waals surface area contributed by atoms with Crippen LogP contribution in [-0.4, -0.2) is 29.6 Å². The second kappa shape index (κ2) is 6.36. The summed E-state index contributed by atoms with van der Waals surface area (Å²) in [5, 5.41) is 1.76. The van der Waals surface area contributed by atoms with Gasteiger partial charge < -0.3 is 10.1 Å². The Balaban J connectivity index is 3.11. The van der Waals surface area contributed by atoms with Crippen molar-refractivity contribution in [2.24, 2.45) is 0 Å². The third kappa shape index (κ3) is 4.22. The third-order valence-corrected chi connectivity index (χ3v) is 2.26. The van der Waals surface area contributed by atoms with E-state index in [4.69, 9.17) is 4.74 Å². The molecule has 0 bridgehead atoms. The van der Waals surface area contributed by atoms with Crippen LogP contribution in [0.2, 0.25) is 0 Å². The molecule has 5 nitrogen and oxygen atoms in total. The number of esters is 1. The summed E-state index contributed by atoms with van der Waals surface area (Å²) in [6, 6.07) is -0.0798. The Morgan fingerprint density at radius 3 is 2.60 bits per heavy atom. The van der Waals surface area contributed by atoms with Crippen LogP contribution < -0.4 is 5.32 Å². The van der Waals surface area contributed by atoms with Gasteiger partial charge in [-0.25, -0.2) is 4.79 Å². The fraction of sp³-hybridized carbons (Fsp3) is 0.417. The van der Waals surface area contributed by atoms with Gasteiger partial charge in [0.25, 0.3) is 0 Å². The highest BCUT2D eigenvalue weighted by Crippen LogP contribution is 2.31. The van der Waals surface area contributed by atoms with Crippen molar-refractivity contribution in [1.82, 2.24) is 10.3 Å². The van der Waals surface area contributed by atoms with E-state index in [-0.39, 0.29) is 12.2 Å². The minimum Gasteiger partial charge on any atom is -0.462 e. The van der Waals surface area contributed by atoms with Crippen molar-refractivity contribution in [3.05, 3.63) is 29.6 Å². The molecule has 1 rings (SSSR count). The van der Waals surface area contributed by atoms with Gasteiger partial charge in [0.15, 0.2) is 6.04 Å². The topological polar surface area (TPSA) is 68.3 Å². The molecule has 0 spiro atoms. The van der Waals surface area contributed by atoms with Crippen molar-refractivity contribution in [3.8, 4) is 0 Å². The minimum absolute atomic E-state index is 0.0588. The van der Waals surface area contributed by atoms with Crippen molar-refractivity contribution < 1.29 is 27.5 Å². The van der Waals surface area contributed by atoms with Gasteiger partial charge in [-0.2, -0.15) is 13.2 Å². The molecule has 8 heteroatoms. The van der Waals surface area contributed by atoms with E-state index in [1.807, 2.05) is 0 Å². The predicted molar refractivity (Wildman–Crippen MR) is 62.8 cm³/mol. The molecular formula is C12H13F3N2O3. The smallest absolute Gasteiger partial charge is 0.414 e. The van der Waals surface area contributed by atoms with E-state index in [1.165, 1.54) is 6.07 Å². The van der Waals surface area contributed by atoms with Crippen LogP contribution in [0.25, 0.3) is 0 Å². The average Bonchev–Trinajstić information content (AvgIpc) is 2.35. The van der Waals surface area contributed by atoms with Gasteiger partial charge in [0.05, 0.1) is 17.9 Å². The molecule has 1 unspecified atom stereocenters. The maximum Gasteiger partial charge on any atom is 0.414 e. The lowest BCUT2D eigenvalue weighted by Crippen LogP contribution is -2.37. The van der Waals surface area contributed by atoms with Gasteiger partial charge in [-0.05, 0) is 19.1 Å². The van der Waals surface area contributed by atoms with E-state index in [1.54, 1.807) is 12.2 Å². The van der Waals surface area contributed by atoms with Gasteiger partial charge >= 0.3 is 12.1 Å². The number of carbonyl (C=O) groups excluding carboxylic acids is 2. The maximum atomic E-state index is 12.9. The van der Waals surface area contributed by atoms with Gasteiger partial charge in [0, 0.05) is 13.1 Å². The first-order valence-corrected chi connectivity index (χ1v) is 5.72. The molecule has 0 aromatic carbocycles. The number of hydrogen-bond donors (Lipinski definition) is 1. The van der Waals surface area contributed by atoms with Crippen molar-refractivity contribution in [2.75, 3.05) is 6.61 Å². The summed E-state index contributed by atoms with van der Waals surface area (Å²) in [6.45, 7) is 2.65. The molecule has 1 aromatic heterocycles. The summed E-state index contributed by atoms with van der Waals surface area (Å²) in [4.78, 5) is 25.9. The van der Waals surface area contributed by atoms with Gasteiger partial charge in [-0.3, -0.25) is 9.78 Å². The fourth-order valence-corrected chi connectivity index (χ4v) is 1.47. The van der Waals surface area contributed by atoms with Crippen LogP contribution in [0.4, 0.5) is 13.2 Å². The maximum absolute atomic E-state index is 12.9. The van der Waals surface area contributed by atoms with E-state index < -0.39 is 29.8 Å². The number of nitrogens with one attached hydrogen (secondary N) is 1. The first-order valence-electron chi connectivity index (χ1n) is 5.72. The number of halogens is 3. The number of hydrogen-bond acceptors (Lipinski definition) is 4. The minimum atomic E-state index is -4.72. The molecule has 1 heterocycles. The van der Waals surface area contributed by atoms with E-state index in [0.29, 0.717) is 0 Å². The number of aromatic nitrogens is 1. The standard InChI is InChI=1S/C12H13F3N2O3/c1-3-20-11(19)8-4-5-16-9(6-8)10(12(13,14)15)17-7(2)18/h4-6,10H,3H2,1-2H3,(H,17,18). The Hall–Kier alpha value is -2.12. The van der Waals surface area contributed by atoms with E-state index >= 15 is 0 Å². The summed E-state index contributed by atoms with van der Waals surface area (Å²) in [5.41, 5.74) is -0.533. The Kier molecular flexibility index (Phi) is 5.06. The number of alkyl halides is 3. The van der Waals surface area contributed by atoms with Crippen molar-refractivity contribution in [3.63, 3.8) is 0 Å². The molecule has 0 aliphatic heterocycles. The lowest BCUT2D eigenvalue weighted by atomic mass is 10.1. The molecule has 0 saturated carbocycles. The Labute approximate surface area is 113 Å². The molecule has 0 radical (unpaired) electrons. The summed E-state index contributed by atoms with van der Waals surface area (Å²) in [5.74, 6) is -1.60. The SMILES string of the molecule is CCOC(=O)c1ccnc(C(NC(C)=O)C(F)(F)F)c1. The van der Waals surface area contributed by atoms with Crippen LogP contribution >= 0.6 is 0 Å². The molecule has 0 saturated heterocycles. The van der Waals surface area contributed by atoms with Crippen LogP contribution in [0.15, 0.2) is 18.3 Å². The monoisotopic (exact) mass is 290 g/mol. The quantitative estimate of drug-likeness (QED) is 0.861. The summed E-state index contributed by atoms with van der Waals surface area (Å²) >= 11 is 0. The molecule has 1 aromatic rings. The van der Waals surface area contributed by atoms with Crippen LogP contribution in [0.1, 0.15) is 35.9 Å². The zero-order chi connectivity index (χ0) is 15.3. The van der Waals surface area contributed by atoms with Crippen molar-refractivity contribution in [1.29, 1.82) is 0 Å². The summed E-state index contributed by atoms with van der Waals surface area (Å²) in [6.07, 6.45) is -3.66. The Morgan fingerprint density at radius 2 is 2.10 bits per heavy atom. The molecule has 0 aliphatic carbocycles. The Morgan fingerprint density at radius 1 is 1.45 bits per heavy atom. The molecule has 20 heavy (non-hydrogen) atoms. The molecule has 1 atom stereocenters. The van der Waals surface area contributed by atoms with E-state index in [0.717, 1.165) is 19.2 Å². The highest BCUT2D eigenvalue weighted by atomic mass is 19.4. The normalized spacial score (nSPS) is 12.7. The van der Waals surface area contributed by atoms with Crippen LogP contribution in [0.3, 0.4) is 0 Å². The van der Waals surface area contributed by atoms with Gasteiger partial charge in [-0.15, -0.1) is 0 Å². The molecular weight excluding hydrogens is 277 g/mol. The highest BCUT2D eigenvalue weighted by Gasteiger charge is 2.42. The van der Waals surface area contributed by atoms with E-state index in [2.05, 4.69) is 4.98 Å². The zero-order valence-electron chi connectivity index (χ0n) is 10.8. The van der Waals surface area contributed by atoms with Crippen molar-refractivity contribution >= 4 is 11.9 Å². The number of ether oxygens (including phenoxy) is 1. The van der Waals surface area contributed by atoms with Crippen LogP contribution in [0, 0.1) is 0 Å². The Bertz CT molecular complexity index is 503. The molecule has 110 valence electrons. The predicted octanol–water partition coefficient (Wildman–Crippen LogP) is 2.00. The summed E-state index contributed by atoms with van der Waals surface area (Å²) in [7, 11) is 0. The first kappa shape index (κ1) is 15.9. The molecule has 0 fully saturated rings.